The molecule has 5 rings (SSSR count). The van der Waals surface area contributed by atoms with Crippen molar-refractivity contribution in [1.29, 1.82) is 0 Å². The Kier molecular flexibility index (Phi) is 5.21. The minimum Gasteiger partial charge on any atom is -0.507 e. The lowest BCUT2D eigenvalue weighted by Crippen LogP contribution is -2.29. The van der Waals surface area contributed by atoms with Crippen LogP contribution in [0.4, 0.5) is 5.13 Å². The second-order valence-corrected chi connectivity index (χ2v) is 8.57. The SMILES string of the molecule is COc1cccc([C@H]2/C(=C(\O)c3ccc4c(c3)OCCO4)C(=O)C(=O)N2c2nnc(C)s2)c1. The van der Waals surface area contributed by atoms with E-state index in [1.807, 2.05) is 0 Å². The Hall–Kier alpha value is -3.92. The van der Waals surface area contributed by atoms with Gasteiger partial charge in [-0.15, -0.1) is 10.2 Å². The van der Waals surface area contributed by atoms with Crippen molar-refractivity contribution >= 4 is 33.9 Å². The number of nitrogens with zero attached hydrogens (tertiary/aromatic N) is 3. The lowest BCUT2D eigenvalue weighted by molar-refractivity contribution is -0.132. The number of rotatable bonds is 4. The van der Waals surface area contributed by atoms with Gasteiger partial charge in [-0.25, -0.2) is 0 Å². The number of hydrogen-bond donors (Lipinski definition) is 1. The molecule has 2 aliphatic rings. The highest BCUT2D eigenvalue weighted by atomic mass is 32.1. The lowest BCUT2D eigenvalue weighted by Gasteiger charge is -2.23. The third kappa shape index (κ3) is 3.58. The van der Waals surface area contributed by atoms with Crippen molar-refractivity contribution in [2.24, 2.45) is 0 Å². The summed E-state index contributed by atoms with van der Waals surface area (Å²) in [5.74, 6) is -0.377. The van der Waals surface area contributed by atoms with Crippen LogP contribution < -0.4 is 19.1 Å². The van der Waals surface area contributed by atoms with Crippen LogP contribution in [0, 0.1) is 6.92 Å². The number of ketones is 1. The Morgan fingerprint density at radius 2 is 1.91 bits per heavy atom. The van der Waals surface area contributed by atoms with Crippen LogP contribution in [0.15, 0.2) is 48.0 Å². The van der Waals surface area contributed by atoms with E-state index >= 15 is 0 Å². The summed E-state index contributed by atoms with van der Waals surface area (Å²) in [5, 5.41) is 20.2. The molecule has 0 saturated carbocycles. The van der Waals surface area contributed by atoms with Gasteiger partial charge >= 0.3 is 5.91 Å². The maximum absolute atomic E-state index is 13.2. The van der Waals surface area contributed by atoms with E-state index in [1.54, 1.807) is 49.4 Å². The van der Waals surface area contributed by atoms with E-state index in [0.29, 0.717) is 46.6 Å². The van der Waals surface area contributed by atoms with Crippen LogP contribution in [-0.2, 0) is 9.59 Å². The van der Waals surface area contributed by atoms with E-state index in [4.69, 9.17) is 14.2 Å². The smallest absolute Gasteiger partial charge is 0.301 e. The van der Waals surface area contributed by atoms with Gasteiger partial charge < -0.3 is 19.3 Å². The minimum absolute atomic E-state index is 0.0576. The van der Waals surface area contributed by atoms with Crippen molar-refractivity contribution in [2.45, 2.75) is 13.0 Å². The van der Waals surface area contributed by atoms with Crippen molar-refractivity contribution in [3.05, 3.63) is 64.2 Å². The number of methoxy groups -OCH3 is 1. The molecule has 2 aliphatic heterocycles. The number of ether oxygens (including phenoxy) is 3. The van der Waals surface area contributed by atoms with E-state index in [1.165, 1.54) is 23.3 Å². The summed E-state index contributed by atoms with van der Waals surface area (Å²) in [4.78, 5) is 27.6. The first kappa shape index (κ1) is 21.0. The topological polar surface area (TPSA) is 111 Å². The summed E-state index contributed by atoms with van der Waals surface area (Å²) in [5.41, 5.74) is 0.858. The average molecular weight is 465 g/mol. The number of carbonyl (C=O) groups excluding carboxylic acids is 2. The molecule has 0 bridgehead atoms. The Balaban J connectivity index is 1.70. The molecule has 9 nitrogen and oxygen atoms in total. The van der Waals surface area contributed by atoms with Gasteiger partial charge in [0.1, 0.15) is 29.7 Å². The highest BCUT2D eigenvalue weighted by Crippen LogP contribution is 2.44. The van der Waals surface area contributed by atoms with Gasteiger partial charge in [-0.05, 0) is 42.8 Å². The molecule has 3 heterocycles. The van der Waals surface area contributed by atoms with Gasteiger partial charge in [0, 0.05) is 5.56 Å². The molecule has 10 heteroatoms. The van der Waals surface area contributed by atoms with Crippen LogP contribution in [0.3, 0.4) is 0 Å². The number of amides is 1. The standard InChI is InChI=1S/C23H19N3O6S/c1-12-24-25-23(33-12)26-19(13-4-3-5-15(10-13)30-2)18(21(28)22(26)29)20(27)14-6-7-16-17(11-14)32-9-8-31-16/h3-7,10-11,19,27H,8-9H2,1-2H3/b20-18+/t19-/m0/s1. The van der Waals surface area contributed by atoms with Crippen LogP contribution in [0.1, 0.15) is 22.2 Å². The van der Waals surface area contributed by atoms with Gasteiger partial charge in [-0.1, -0.05) is 23.5 Å². The fraction of sp³-hybridized carbons (Fsp3) is 0.217. The van der Waals surface area contributed by atoms with Crippen molar-refractivity contribution in [3.8, 4) is 17.2 Å². The molecule has 33 heavy (non-hydrogen) atoms. The molecule has 1 N–H and O–H groups in total. The lowest BCUT2D eigenvalue weighted by atomic mass is 9.95. The Morgan fingerprint density at radius 3 is 2.64 bits per heavy atom. The fourth-order valence-corrected chi connectivity index (χ4v) is 4.60. The normalized spacial score (nSPS) is 19.1. The molecule has 1 amide bonds. The molecule has 2 aromatic carbocycles. The summed E-state index contributed by atoms with van der Waals surface area (Å²) >= 11 is 1.19. The predicted octanol–water partition coefficient (Wildman–Crippen LogP) is 3.25. The first-order chi connectivity index (χ1) is 16.0. The van der Waals surface area contributed by atoms with Gasteiger partial charge in [0.15, 0.2) is 11.5 Å². The maximum atomic E-state index is 13.2. The molecule has 1 aromatic heterocycles. The van der Waals surface area contributed by atoms with E-state index < -0.39 is 17.7 Å². The number of aromatic nitrogens is 2. The zero-order valence-electron chi connectivity index (χ0n) is 17.8. The number of aryl methyl sites for hydroxylation is 1. The van der Waals surface area contributed by atoms with Crippen molar-refractivity contribution in [1.82, 2.24) is 10.2 Å². The van der Waals surface area contributed by atoms with Crippen LogP contribution >= 0.6 is 11.3 Å². The van der Waals surface area contributed by atoms with E-state index in [-0.39, 0.29) is 16.5 Å². The molecule has 0 unspecified atom stereocenters. The van der Waals surface area contributed by atoms with Gasteiger partial charge in [-0.3, -0.25) is 14.5 Å². The average Bonchev–Trinajstić information content (AvgIpc) is 3.38. The van der Waals surface area contributed by atoms with Crippen molar-refractivity contribution in [2.75, 3.05) is 25.2 Å². The summed E-state index contributed by atoms with van der Waals surface area (Å²) in [6.07, 6.45) is 0. The molecular weight excluding hydrogens is 446 g/mol. The fourth-order valence-electron chi connectivity index (χ4n) is 3.89. The first-order valence-corrected chi connectivity index (χ1v) is 10.9. The molecule has 0 spiro atoms. The molecule has 0 radical (unpaired) electrons. The molecule has 168 valence electrons. The molecular formula is C23H19N3O6S. The molecule has 1 atom stereocenters. The van der Waals surface area contributed by atoms with Crippen LogP contribution in [-0.4, -0.2) is 47.3 Å². The second kappa shape index (κ2) is 8.21. The van der Waals surface area contributed by atoms with E-state index in [0.717, 1.165) is 0 Å². The first-order valence-electron chi connectivity index (χ1n) is 10.1. The van der Waals surface area contributed by atoms with E-state index in [2.05, 4.69) is 10.2 Å². The van der Waals surface area contributed by atoms with Crippen LogP contribution in [0.25, 0.3) is 5.76 Å². The van der Waals surface area contributed by atoms with Gasteiger partial charge in [0.05, 0.1) is 18.7 Å². The number of fused-ring (bicyclic) bond motifs is 1. The van der Waals surface area contributed by atoms with Crippen molar-refractivity contribution in [3.63, 3.8) is 0 Å². The summed E-state index contributed by atoms with van der Waals surface area (Å²) in [7, 11) is 1.53. The number of aliphatic hydroxyl groups excluding tert-OH is 1. The second-order valence-electron chi connectivity index (χ2n) is 7.41. The molecule has 1 fully saturated rings. The largest absolute Gasteiger partial charge is 0.507 e. The Labute approximate surface area is 192 Å². The number of carbonyl (C=O) groups is 2. The van der Waals surface area contributed by atoms with E-state index in [9.17, 15) is 14.7 Å². The summed E-state index contributed by atoms with van der Waals surface area (Å²) in [6.45, 7) is 2.57. The predicted molar refractivity (Wildman–Crippen MR) is 120 cm³/mol. The highest BCUT2D eigenvalue weighted by molar-refractivity contribution is 7.15. The number of anilines is 1. The number of Topliss-reactive ketones (excluding diaryl/α,β-unsaturated/α-hetero) is 1. The maximum Gasteiger partial charge on any atom is 0.301 e. The zero-order valence-corrected chi connectivity index (χ0v) is 18.6. The summed E-state index contributed by atoms with van der Waals surface area (Å²) < 4.78 is 16.5. The van der Waals surface area contributed by atoms with Crippen molar-refractivity contribution < 1.29 is 28.9 Å². The number of benzene rings is 2. The summed E-state index contributed by atoms with van der Waals surface area (Å²) in [6, 6.07) is 10.9. The van der Waals surface area contributed by atoms with Gasteiger partial charge in [-0.2, -0.15) is 0 Å². The number of aliphatic hydroxyl groups is 1. The van der Waals surface area contributed by atoms with Crippen LogP contribution in [0.2, 0.25) is 0 Å². The van der Waals surface area contributed by atoms with Gasteiger partial charge in [0.2, 0.25) is 5.13 Å². The monoisotopic (exact) mass is 465 g/mol. The molecule has 3 aromatic rings. The Bertz CT molecular complexity index is 1300. The highest BCUT2D eigenvalue weighted by Gasteiger charge is 2.48. The Morgan fingerprint density at radius 1 is 1.12 bits per heavy atom. The quantitative estimate of drug-likeness (QED) is 0.355. The molecule has 0 aliphatic carbocycles. The van der Waals surface area contributed by atoms with Gasteiger partial charge in [0.25, 0.3) is 5.78 Å². The zero-order chi connectivity index (χ0) is 23.1. The van der Waals surface area contributed by atoms with Crippen LogP contribution in [0.5, 0.6) is 17.2 Å². The molecule has 1 saturated heterocycles. The number of hydrogen-bond acceptors (Lipinski definition) is 9. The third-order valence-electron chi connectivity index (χ3n) is 5.39. The minimum atomic E-state index is -0.916. The third-order valence-corrected chi connectivity index (χ3v) is 6.23.